The fourth-order valence-electron chi connectivity index (χ4n) is 1.49. The molecule has 0 radical (unpaired) electrons. The van der Waals surface area contributed by atoms with Gasteiger partial charge in [-0.1, -0.05) is 12.1 Å². The summed E-state index contributed by atoms with van der Waals surface area (Å²) < 4.78 is 5.50. The predicted octanol–water partition coefficient (Wildman–Crippen LogP) is 2.52. The molecule has 1 aromatic carbocycles. The van der Waals surface area contributed by atoms with Crippen molar-refractivity contribution in [1.29, 1.82) is 0 Å². The number of aliphatic hydroxyl groups excluding tert-OH is 1. The molecule has 0 bridgehead atoms. The first kappa shape index (κ1) is 12.6. The molecule has 0 saturated heterocycles. The zero-order valence-corrected chi connectivity index (χ0v) is 10.3. The summed E-state index contributed by atoms with van der Waals surface area (Å²) >= 11 is 1.19. The van der Waals surface area contributed by atoms with Gasteiger partial charge < -0.3 is 14.9 Å². The zero-order valence-electron chi connectivity index (χ0n) is 9.50. The largest absolute Gasteiger partial charge is 0.489 e. The molecule has 1 heterocycles. The molecule has 0 saturated carbocycles. The highest BCUT2D eigenvalue weighted by Gasteiger charge is 2.11. The van der Waals surface area contributed by atoms with Crippen molar-refractivity contribution in [3.05, 3.63) is 51.7 Å². The minimum Gasteiger partial charge on any atom is -0.489 e. The van der Waals surface area contributed by atoms with E-state index in [1.54, 1.807) is 35.7 Å². The molecule has 0 atom stereocenters. The molecule has 0 aliphatic carbocycles. The Kier molecular flexibility index (Phi) is 3.96. The number of aliphatic hydroxyl groups is 1. The van der Waals surface area contributed by atoms with Crippen molar-refractivity contribution in [2.75, 3.05) is 0 Å². The summed E-state index contributed by atoms with van der Waals surface area (Å²) in [5.41, 5.74) is 1.47. The van der Waals surface area contributed by atoms with Gasteiger partial charge >= 0.3 is 5.97 Å². The van der Waals surface area contributed by atoms with E-state index in [4.69, 9.17) is 14.9 Å². The van der Waals surface area contributed by atoms with Crippen LogP contribution in [-0.4, -0.2) is 16.2 Å². The van der Waals surface area contributed by atoms with E-state index in [-0.39, 0.29) is 13.2 Å². The minimum absolute atomic E-state index is 0.00598. The van der Waals surface area contributed by atoms with Gasteiger partial charge in [0.2, 0.25) is 0 Å². The lowest BCUT2D eigenvalue weighted by Gasteiger charge is -2.06. The molecule has 0 aliphatic heterocycles. The maximum absolute atomic E-state index is 10.9. The van der Waals surface area contributed by atoms with Crippen LogP contribution in [0.15, 0.2) is 35.7 Å². The normalized spacial score (nSPS) is 10.3. The molecule has 5 heteroatoms. The number of carboxylic acids is 1. The van der Waals surface area contributed by atoms with E-state index < -0.39 is 5.97 Å². The number of thiophene rings is 1. The highest BCUT2D eigenvalue weighted by atomic mass is 32.1. The molecule has 2 rings (SSSR count). The first-order chi connectivity index (χ1) is 8.70. The Balaban J connectivity index is 2.02. The van der Waals surface area contributed by atoms with Crippen LogP contribution in [-0.2, 0) is 13.2 Å². The lowest BCUT2D eigenvalue weighted by molar-refractivity contribution is 0.0699. The number of ether oxygens (including phenoxy) is 1. The standard InChI is InChI=1S/C13H12O4S/c14-7-9-1-3-11(4-2-9)17-8-10-5-6-18-12(10)13(15)16/h1-6,14H,7-8H2,(H,15,16). The average molecular weight is 264 g/mol. The van der Waals surface area contributed by atoms with Crippen LogP contribution in [0.4, 0.5) is 0 Å². The number of carboxylic acid groups (broad SMARTS) is 1. The third-order valence-electron chi connectivity index (χ3n) is 2.44. The Hall–Kier alpha value is -1.85. The molecule has 2 N–H and O–H groups in total. The van der Waals surface area contributed by atoms with Crippen molar-refractivity contribution in [3.8, 4) is 5.75 Å². The van der Waals surface area contributed by atoms with Gasteiger partial charge in [-0.3, -0.25) is 0 Å². The predicted molar refractivity (Wildman–Crippen MR) is 68.0 cm³/mol. The SMILES string of the molecule is O=C(O)c1sccc1COc1ccc(CO)cc1. The van der Waals surface area contributed by atoms with Crippen LogP contribution in [0.3, 0.4) is 0 Å². The molecule has 0 fully saturated rings. The molecule has 0 amide bonds. The van der Waals surface area contributed by atoms with Crippen molar-refractivity contribution < 1.29 is 19.7 Å². The third kappa shape index (κ3) is 2.88. The van der Waals surface area contributed by atoms with Gasteiger partial charge in [-0.25, -0.2) is 4.79 Å². The van der Waals surface area contributed by atoms with E-state index in [9.17, 15) is 4.79 Å². The average Bonchev–Trinajstić information content (AvgIpc) is 2.85. The number of hydrogen-bond donors (Lipinski definition) is 2. The minimum atomic E-state index is -0.931. The summed E-state index contributed by atoms with van der Waals surface area (Å²) in [6.07, 6.45) is 0. The molecular formula is C13H12O4S. The summed E-state index contributed by atoms with van der Waals surface area (Å²) in [7, 11) is 0. The van der Waals surface area contributed by atoms with E-state index in [0.717, 1.165) is 5.56 Å². The lowest BCUT2D eigenvalue weighted by Crippen LogP contribution is -2.01. The fraction of sp³-hybridized carbons (Fsp3) is 0.154. The van der Waals surface area contributed by atoms with Crippen molar-refractivity contribution in [2.45, 2.75) is 13.2 Å². The van der Waals surface area contributed by atoms with Crippen molar-refractivity contribution >= 4 is 17.3 Å². The van der Waals surface area contributed by atoms with Crippen molar-refractivity contribution in [3.63, 3.8) is 0 Å². The number of rotatable bonds is 5. The summed E-state index contributed by atoms with van der Waals surface area (Å²) in [5, 5.41) is 19.6. The number of carbonyl (C=O) groups is 1. The van der Waals surface area contributed by atoms with Crippen LogP contribution in [0.1, 0.15) is 20.8 Å². The van der Waals surface area contributed by atoms with E-state index in [1.165, 1.54) is 11.3 Å². The van der Waals surface area contributed by atoms with Crippen LogP contribution < -0.4 is 4.74 Å². The second-order valence-corrected chi connectivity index (χ2v) is 4.59. The maximum Gasteiger partial charge on any atom is 0.346 e. The monoisotopic (exact) mass is 264 g/mol. The molecular weight excluding hydrogens is 252 g/mol. The Labute approximate surface area is 108 Å². The van der Waals surface area contributed by atoms with Crippen LogP contribution in [0.2, 0.25) is 0 Å². The molecule has 0 aliphatic rings. The first-order valence-electron chi connectivity index (χ1n) is 5.33. The quantitative estimate of drug-likeness (QED) is 0.870. The molecule has 18 heavy (non-hydrogen) atoms. The summed E-state index contributed by atoms with van der Waals surface area (Å²) in [4.78, 5) is 11.2. The molecule has 94 valence electrons. The van der Waals surface area contributed by atoms with Gasteiger partial charge in [0.05, 0.1) is 6.61 Å². The Morgan fingerprint density at radius 2 is 1.94 bits per heavy atom. The summed E-state index contributed by atoms with van der Waals surface area (Å²) in [6, 6.07) is 8.77. The molecule has 2 aromatic rings. The van der Waals surface area contributed by atoms with Gasteiger partial charge in [-0.05, 0) is 29.1 Å². The maximum atomic E-state index is 10.9. The Bertz CT molecular complexity index is 530. The number of benzene rings is 1. The Morgan fingerprint density at radius 1 is 1.22 bits per heavy atom. The number of aromatic carboxylic acids is 1. The van der Waals surface area contributed by atoms with Crippen LogP contribution in [0.5, 0.6) is 5.75 Å². The van der Waals surface area contributed by atoms with Gasteiger partial charge in [-0.2, -0.15) is 0 Å². The fourth-order valence-corrected chi connectivity index (χ4v) is 2.24. The lowest BCUT2D eigenvalue weighted by atomic mass is 10.2. The second kappa shape index (κ2) is 5.66. The van der Waals surface area contributed by atoms with Gasteiger partial charge in [0.25, 0.3) is 0 Å². The first-order valence-corrected chi connectivity index (χ1v) is 6.21. The van der Waals surface area contributed by atoms with Gasteiger partial charge in [0, 0.05) is 5.56 Å². The third-order valence-corrected chi connectivity index (χ3v) is 3.39. The van der Waals surface area contributed by atoms with Crippen LogP contribution >= 0.6 is 11.3 Å². The molecule has 4 nitrogen and oxygen atoms in total. The van der Waals surface area contributed by atoms with Crippen LogP contribution in [0.25, 0.3) is 0 Å². The smallest absolute Gasteiger partial charge is 0.346 e. The highest BCUT2D eigenvalue weighted by Crippen LogP contribution is 2.20. The van der Waals surface area contributed by atoms with Gasteiger partial charge in [0.1, 0.15) is 17.2 Å². The Morgan fingerprint density at radius 3 is 2.56 bits per heavy atom. The van der Waals surface area contributed by atoms with Crippen LogP contribution in [0, 0.1) is 0 Å². The van der Waals surface area contributed by atoms with Gasteiger partial charge in [-0.15, -0.1) is 11.3 Å². The highest BCUT2D eigenvalue weighted by molar-refractivity contribution is 7.12. The number of hydrogen-bond acceptors (Lipinski definition) is 4. The molecule has 0 spiro atoms. The summed E-state index contributed by atoms with van der Waals surface area (Å²) in [5.74, 6) is -0.283. The van der Waals surface area contributed by atoms with E-state index in [0.29, 0.717) is 16.2 Å². The van der Waals surface area contributed by atoms with Gasteiger partial charge in [0.15, 0.2) is 0 Å². The summed E-state index contributed by atoms with van der Waals surface area (Å²) in [6.45, 7) is 0.220. The topological polar surface area (TPSA) is 66.8 Å². The van der Waals surface area contributed by atoms with E-state index in [2.05, 4.69) is 0 Å². The second-order valence-electron chi connectivity index (χ2n) is 3.67. The van der Waals surface area contributed by atoms with E-state index >= 15 is 0 Å². The zero-order chi connectivity index (χ0) is 13.0. The van der Waals surface area contributed by atoms with E-state index in [1.807, 2.05) is 0 Å². The van der Waals surface area contributed by atoms with Crippen molar-refractivity contribution in [1.82, 2.24) is 0 Å². The molecule has 0 unspecified atom stereocenters. The van der Waals surface area contributed by atoms with Crippen molar-refractivity contribution in [2.24, 2.45) is 0 Å². The molecule has 1 aromatic heterocycles.